The van der Waals surface area contributed by atoms with Crippen molar-refractivity contribution in [1.29, 1.82) is 0 Å². The zero-order valence-corrected chi connectivity index (χ0v) is 12.4. The van der Waals surface area contributed by atoms with E-state index in [1.807, 2.05) is 19.1 Å². The minimum Gasteiger partial charge on any atom is -0.497 e. The Morgan fingerprint density at radius 1 is 1.26 bits per heavy atom. The van der Waals surface area contributed by atoms with Crippen molar-refractivity contribution >= 4 is 16.8 Å². The summed E-state index contributed by atoms with van der Waals surface area (Å²) in [6.07, 6.45) is 0. The van der Waals surface area contributed by atoms with Gasteiger partial charge in [-0.3, -0.25) is 4.79 Å². The lowest BCUT2D eigenvalue weighted by atomic mass is 9.85. The van der Waals surface area contributed by atoms with Gasteiger partial charge in [-0.25, -0.2) is 0 Å². The number of hydrogen-bond acceptors (Lipinski definition) is 3. The van der Waals surface area contributed by atoms with Crippen molar-refractivity contribution in [3.05, 3.63) is 29.0 Å². The van der Waals surface area contributed by atoms with Crippen molar-refractivity contribution in [3.8, 4) is 5.75 Å². The van der Waals surface area contributed by atoms with Crippen molar-refractivity contribution in [3.63, 3.8) is 0 Å². The zero-order chi connectivity index (χ0) is 14.4. The maximum Gasteiger partial charge on any atom is 0.195 e. The molecular weight excluding hydrogens is 240 g/mol. The van der Waals surface area contributed by atoms with Gasteiger partial charge < -0.3 is 9.15 Å². The lowest BCUT2D eigenvalue weighted by Crippen LogP contribution is -2.11. The molecule has 0 bridgehead atoms. The first-order valence-electron chi connectivity index (χ1n) is 6.38. The number of hydrogen-bond donors (Lipinski definition) is 0. The average molecular weight is 260 g/mol. The van der Waals surface area contributed by atoms with Crippen LogP contribution < -0.4 is 4.74 Å². The number of Topliss-reactive ketones (excluding diaryl/α,β-unsaturated/α-hetero) is 1. The molecule has 0 fully saturated rings. The number of ether oxygens (including phenoxy) is 1. The molecule has 2 rings (SSSR count). The molecule has 0 aliphatic rings. The second-order valence-corrected chi connectivity index (χ2v) is 5.91. The number of benzene rings is 1. The van der Waals surface area contributed by atoms with Crippen LogP contribution in [0.4, 0.5) is 0 Å². The predicted molar refractivity (Wildman–Crippen MR) is 76.2 cm³/mol. The quantitative estimate of drug-likeness (QED) is 0.758. The maximum atomic E-state index is 11.6. The third kappa shape index (κ3) is 2.25. The monoisotopic (exact) mass is 260 g/mol. The van der Waals surface area contributed by atoms with Crippen molar-refractivity contribution in [1.82, 2.24) is 0 Å². The van der Waals surface area contributed by atoms with Crippen LogP contribution in [0.5, 0.6) is 5.75 Å². The van der Waals surface area contributed by atoms with E-state index < -0.39 is 0 Å². The summed E-state index contributed by atoms with van der Waals surface area (Å²) in [7, 11) is 1.65. The van der Waals surface area contributed by atoms with Crippen LogP contribution in [0.25, 0.3) is 11.0 Å². The molecule has 2 aromatic rings. The molecule has 0 amide bonds. The van der Waals surface area contributed by atoms with Gasteiger partial charge >= 0.3 is 0 Å². The normalized spacial score (nSPS) is 11.9. The Kier molecular flexibility index (Phi) is 3.17. The summed E-state index contributed by atoms with van der Waals surface area (Å²) >= 11 is 0. The van der Waals surface area contributed by atoms with Gasteiger partial charge in [0.15, 0.2) is 11.5 Å². The minimum atomic E-state index is -0.0782. The molecule has 3 nitrogen and oxygen atoms in total. The number of carbonyl (C=O) groups is 1. The molecular formula is C16H20O3. The highest BCUT2D eigenvalue weighted by Crippen LogP contribution is 2.37. The summed E-state index contributed by atoms with van der Waals surface area (Å²) in [5, 5.41) is 0.953. The number of methoxy groups -OCH3 is 1. The van der Waals surface area contributed by atoms with Gasteiger partial charge in [0.05, 0.1) is 7.11 Å². The zero-order valence-electron chi connectivity index (χ0n) is 12.4. The molecule has 1 heterocycles. The molecule has 102 valence electrons. The Morgan fingerprint density at radius 2 is 1.89 bits per heavy atom. The second kappa shape index (κ2) is 4.41. The molecule has 0 saturated carbocycles. The Bertz CT molecular complexity index is 642. The van der Waals surface area contributed by atoms with Crippen molar-refractivity contribution in [2.24, 2.45) is 0 Å². The molecule has 0 N–H and O–H groups in total. The summed E-state index contributed by atoms with van der Waals surface area (Å²) in [5.41, 5.74) is 2.64. The van der Waals surface area contributed by atoms with Crippen LogP contribution in [-0.4, -0.2) is 12.9 Å². The average Bonchev–Trinajstić information content (AvgIpc) is 2.64. The van der Waals surface area contributed by atoms with E-state index in [0.717, 1.165) is 27.8 Å². The fourth-order valence-electron chi connectivity index (χ4n) is 2.30. The molecule has 19 heavy (non-hydrogen) atoms. The van der Waals surface area contributed by atoms with Crippen LogP contribution >= 0.6 is 0 Å². The fraction of sp³-hybridized carbons (Fsp3) is 0.438. The van der Waals surface area contributed by atoms with Crippen molar-refractivity contribution in [2.75, 3.05) is 7.11 Å². The summed E-state index contributed by atoms with van der Waals surface area (Å²) in [6.45, 7) is 9.79. The predicted octanol–water partition coefficient (Wildman–Crippen LogP) is 4.25. The van der Waals surface area contributed by atoms with Gasteiger partial charge in [0.1, 0.15) is 11.3 Å². The Balaban J connectivity index is 2.88. The van der Waals surface area contributed by atoms with E-state index in [9.17, 15) is 4.79 Å². The van der Waals surface area contributed by atoms with Crippen LogP contribution in [0.2, 0.25) is 0 Å². The first-order chi connectivity index (χ1) is 8.75. The molecule has 3 heteroatoms. The molecule has 0 atom stereocenters. The number of rotatable bonds is 2. The van der Waals surface area contributed by atoms with Crippen LogP contribution in [0.1, 0.15) is 49.4 Å². The van der Waals surface area contributed by atoms with Gasteiger partial charge in [-0.15, -0.1) is 0 Å². The first-order valence-corrected chi connectivity index (χ1v) is 6.38. The fourth-order valence-corrected chi connectivity index (χ4v) is 2.30. The van der Waals surface area contributed by atoms with Gasteiger partial charge in [0, 0.05) is 23.4 Å². The standard InChI is InChI=1S/C16H20O3/c1-9-12-7-11(18-6)8-13(16(3,4)5)15(12)19-14(9)10(2)17/h7-8H,1-6H3. The first kappa shape index (κ1) is 13.7. The van der Waals surface area contributed by atoms with E-state index >= 15 is 0 Å². The van der Waals surface area contributed by atoms with E-state index in [-0.39, 0.29) is 11.2 Å². The smallest absolute Gasteiger partial charge is 0.195 e. The Hall–Kier alpha value is -1.77. The summed E-state index contributed by atoms with van der Waals surface area (Å²) < 4.78 is 11.2. The third-order valence-electron chi connectivity index (χ3n) is 3.37. The minimum absolute atomic E-state index is 0.0486. The van der Waals surface area contributed by atoms with Gasteiger partial charge in [-0.1, -0.05) is 20.8 Å². The number of furan rings is 1. The molecule has 1 aromatic carbocycles. The number of fused-ring (bicyclic) bond motifs is 1. The molecule has 0 saturated heterocycles. The molecule has 1 aromatic heterocycles. The van der Waals surface area contributed by atoms with Crippen LogP contribution in [0.3, 0.4) is 0 Å². The van der Waals surface area contributed by atoms with Gasteiger partial charge in [-0.2, -0.15) is 0 Å². The SMILES string of the molecule is COc1cc(C(C)(C)C)c2oc(C(C)=O)c(C)c2c1. The van der Waals surface area contributed by atoms with E-state index in [0.29, 0.717) is 5.76 Å². The van der Waals surface area contributed by atoms with Crippen LogP contribution in [-0.2, 0) is 5.41 Å². The van der Waals surface area contributed by atoms with E-state index in [4.69, 9.17) is 9.15 Å². The highest BCUT2D eigenvalue weighted by Gasteiger charge is 2.24. The molecule has 0 aliphatic carbocycles. The summed E-state index contributed by atoms with van der Waals surface area (Å²) in [6, 6.07) is 3.91. The number of ketones is 1. The van der Waals surface area contributed by atoms with Crippen LogP contribution in [0.15, 0.2) is 16.5 Å². The van der Waals surface area contributed by atoms with Gasteiger partial charge in [-0.05, 0) is 24.5 Å². The van der Waals surface area contributed by atoms with E-state index in [2.05, 4.69) is 20.8 Å². The molecule has 0 radical (unpaired) electrons. The lowest BCUT2D eigenvalue weighted by Gasteiger charge is -2.20. The summed E-state index contributed by atoms with van der Waals surface area (Å²) in [5.74, 6) is 1.18. The highest BCUT2D eigenvalue weighted by atomic mass is 16.5. The Morgan fingerprint density at radius 3 is 2.37 bits per heavy atom. The summed E-state index contributed by atoms with van der Waals surface area (Å²) in [4.78, 5) is 11.6. The van der Waals surface area contributed by atoms with Crippen molar-refractivity contribution < 1.29 is 13.9 Å². The second-order valence-electron chi connectivity index (χ2n) is 5.91. The topological polar surface area (TPSA) is 39.4 Å². The van der Waals surface area contributed by atoms with E-state index in [1.54, 1.807) is 7.11 Å². The third-order valence-corrected chi connectivity index (χ3v) is 3.37. The van der Waals surface area contributed by atoms with Gasteiger partial charge in [0.25, 0.3) is 0 Å². The largest absolute Gasteiger partial charge is 0.497 e. The maximum absolute atomic E-state index is 11.6. The van der Waals surface area contributed by atoms with Crippen molar-refractivity contribution in [2.45, 2.75) is 40.0 Å². The van der Waals surface area contributed by atoms with E-state index in [1.165, 1.54) is 6.92 Å². The van der Waals surface area contributed by atoms with Gasteiger partial charge in [0.2, 0.25) is 0 Å². The molecule has 0 aliphatic heterocycles. The highest BCUT2D eigenvalue weighted by molar-refractivity contribution is 6.00. The van der Waals surface area contributed by atoms with Crippen LogP contribution in [0, 0.1) is 6.92 Å². The molecule has 0 unspecified atom stereocenters. The molecule has 0 spiro atoms. The number of aryl methyl sites for hydroxylation is 1. The lowest BCUT2D eigenvalue weighted by molar-refractivity contribution is 0.0988. The number of carbonyl (C=O) groups excluding carboxylic acids is 1. The Labute approximate surface area is 113 Å².